The standard InChI is InChI=1S/C16H16N2O5S/c1-8(2)13(16(20)21)18-14(19)12-6-17-15(24-12)9-3-4-10-11(5-9)23-7-22-10/h3-6,8,13H,7H2,1-2H3,(H,18,19)(H,20,21)/t13-/m0/s1. The van der Waals surface area contributed by atoms with Crippen LogP contribution >= 0.6 is 11.3 Å². The minimum Gasteiger partial charge on any atom is -0.480 e. The second kappa shape index (κ2) is 6.48. The first-order valence-corrected chi connectivity index (χ1v) is 8.17. The molecule has 0 fully saturated rings. The molecule has 2 N–H and O–H groups in total. The quantitative estimate of drug-likeness (QED) is 0.861. The summed E-state index contributed by atoms with van der Waals surface area (Å²) in [6, 6.07) is 4.49. The van der Waals surface area contributed by atoms with Crippen molar-refractivity contribution >= 4 is 23.2 Å². The smallest absolute Gasteiger partial charge is 0.326 e. The van der Waals surface area contributed by atoms with Crippen molar-refractivity contribution in [1.82, 2.24) is 10.3 Å². The van der Waals surface area contributed by atoms with Gasteiger partial charge in [-0.1, -0.05) is 13.8 Å². The maximum absolute atomic E-state index is 12.2. The fourth-order valence-corrected chi connectivity index (χ4v) is 3.08. The summed E-state index contributed by atoms with van der Waals surface area (Å²) in [5, 5.41) is 12.3. The molecule has 0 saturated heterocycles. The largest absolute Gasteiger partial charge is 0.480 e. The molecule has 2 heterocycles. The number of fused-ring (bicyclic) bond motifs is 1. The molecule has 0 aliphatic carbocycles. The van der Waals surface area contributed by atoms with Crippen LogP contribution in [0.3, 0.4) is 0 Å². The van der Waals surface area contributed by atoms with Gasteiger partial charge in [0, 0.05) is 5.56 Å². The highest BCUT2D eigenvalue weighted by Crippen LogP contribution is 2.36. The van der Waals surface area contributed by atoms with E-state index in [-0.39, 0.29) is 12.7 Å². The number of hydrogen-bond acceptors (Lipinski definition) is 6. The van der Waals surface area contributed by atoms with Gasteiger partial charge in [-0.15, -0.1) is 11.3 Å². The number of thiazole rings is 1. The molecule has 1 aromatic carbocycles. The molecule has 0 spiro atoms. The number of carboxylic acid groups (broad SMARTS) is 1. The molecule has 1 amide bonds. The number of aromatic nitrogens is 1. The van der Waals surface area contributed by atoms with Gasteiger partial charge < -0.3 is 19.9 Å². The number of carbonyl (C=O) groups is 2. The van der Waals surface area contributed by atoms with Crippen molar-refractivity contribution in [3.63, 3.8) is 0 Å². The van der Waals surface area contributed by atoms with Gasteiger partial charge in [0.05, 0.1) is 6.20 Å². The van der Waals surface area contributed by atoms with Crippen molar-refractivity contribution in [2.24, 2.45) is 5.92 Å². The molecule has 8 heteroatoms. The average Bonchev–Trinajstić information content (AvgIpc) is 3.19. The Morgan fingerprint density at radius 1 is 1.29 bits per heavy atom. The lowest BCUT2D eigenvalue weighted by molar-refractivity contribution is -0.140. The fraction of sp³-hybridized carbons (Fsp3) is 0.312. The highest BCUT2D eigenvalue weighted by molar-refractivity contribution is 7.16. The molecule has 24 heavy (non-hydrogen) atoms. The summed E-state index contributed by atoms with van der Waals surface area (Å²) in [7, 11) is 0. The Labute approximate surface area is 142 Å². The summed E-state index contributed by atoms with van der Waals surface area (Å²) in [5.41, 5.74) is 0.807. The van der Waals surface area contributed by atoms with E-state index in [1.54, 1.807) is 26.0 Å². The number of nitrogens with one attached hydrogen (secondary N) is 1. The molecule has 0 bridgehead atoms. The molecule has 1 aliphatic heterocycles. The maximum Gasteiger partial charge on any atom is 0.326 e. The van der Waals surface area contributed by atoms with Gasteiger partial charge in [0.2, 0.25) is 6.79 Å². The van der Waals surface area contributed by atoms with Crippen LogP contribution in [-0.4, -0.2) is 34.8 Å². The number of hydrogen-bond donors (Lipinski definition) is 2. The van der Waals surface area contributed by atoms with Crippen LogP contribution in [-0.2, 0) is 4.79 Å². The SMILES string of the molecule is CC(C)[C@H](NC(=O)c1cnc(-c2ccc3c(c2)OCO3)s1)C(=O)O. The molecule has 7 nitrogen and oxygen atoms in total. The predicted molar refractivity (Wildman–Crippen MR) is 87.4 cm³/mol. The van der Waals surface area contributed by atoms with E-state index < -0.39 is 17.9 Å². The number of nitrogens with zero attached hydrogens (tertiary/aromatic N) is 1. The van der Waals surface area contributed by atoms with Crippen molar-refractivity contribution < 1.29 is 24.2 Å². The van der Waals surface area contributed by atoms with E-state index in [0.29, 0.717) is 21.4 Å². The monoisotopic (exact) mass is 348 g/mol. The topological polar surface area (TPSA) is 97.8 Å². The molecule has 126 valence electrons. The molecule has 0 saturated carbocycles. The summed E-state index contributed by atoms with van der Waals surface area (Å²) in [6.45, 7) is 3.67. The summed E-state index contributed by atoms with van der Waals surface area (Å²) in [4.78, 5) is 28.0. The molecule has 2 aromatic rings. The first-order chi connectivity index (χ1) is 11.5. The number of ether oxygens (including phenoxy) is 2. The number of carbonyl (C=O) groups excluding carboxylic acids is 1. The Morgan fingerprint density at radius 3 is 2.75 bits per heavy atom. The van der Waals surface area contributed by atoms with E-state index in [0.717, 1.165) is 5.56 Å². The van der Waals surface area contributed by atoms with Crippen LogP contribution in [0.5, 0.6) is 11.5 Å². The second-order valence-electron chi connectivity index (χ2n) is 5.63. The maximum atomic E-state index is 12.2. The number of aliphatic carboxylic acids is 1. The number of amides is 1. The van der Waals surface area contributed by atoms with Crippen molar-refractivity contribution in [3.05, 3.63) is 29.3 Å². The van der Waals surface area contributed by atoms with Gasteiger partial charge in [0.15, 0.2) is 11.5 Å². The molecule has 1 aliphatic rings. The zero-order valence-electron chi connectivity index (χ0n) is 13.1. The Kier molecular flexibility index (Phi) is 4.39. The first-order valence-electron chi connectivity index (χ1n) is 7.35. The van der Waals surface area contributed by atoms with Crippen LogP contribution < -0.4 is 14.8 Å². The molecule has 1 aromatic heterocycles. The molecule has 3 rings (SSSR count). The van der Waals surface area contributed by atoms with Gasteiger partial charge in [-0.2, -0.15) is 0 Å². The van der Waals surface area contributed by atoms with Crippen molar-refractivity contribution in [2.45, 2.75) is 19.9 Å². The van der Waals surface area contributed by atoms with E-state index in [1.165, 1.54) is 17.5 Å². The number of benzene rings is 1. The van der Waals surface area contributed by atoms with Crippen LogP contribution in [0.25, 0.3) is 10.6 Å². The zero-order chi connectivity index (χ0) is 17.3. The van der Waals surface area contributed by atoms with Gasteiger partial charge in [-0.3, -0.25) is 4.79 Å². The lowest BCUT2D eigenvalue weighted by Crippen LogP contribution is -2.44. The van der Waals surface area contributed by atoms with E-state index in [2.05, 4.69) is 10.3 Å². The van der Waals surface area contributed by atoms with E-state index in [4.69, 9.17) is 14.6 Å². The van der Waals surface area contributed by atoms with Crippen LogP contribution in [0.4, 0.5) is 0 Å². The molecule has 0 radical (unpaired) electrons. The summed E-state index contributed by atoms with van der Waals surface area (Å²) >= 11 is 1.19. The van der Waals surface area contributed by atoms with Gasteiger partial charge in [-0.25, -0.2) is 9.78 Å². The first kappa shape index (κ1) is 16.3. The molecular formula is C16H16N2O5S. The van der Waals surface area contributed by atoms with Gasteiger partial charge >= 0.3 is 5.97 Å². The normalized spacial score (nSPS) is 13.8. The van der Waals surface area contributed by atoms with Crippen LogP contribution in [0.2, 0.25) is 0 Å². The molecule has 1 atom stereocenters. The third-order valence-electron chi connectivity index (χ3n) is 3.57. The van der Waals surface area contributed by atoms with Gasteiger partial charge in [-0.05, 0) is 24.1 Å². The highest BCUT2D eigenvalue weighted by atomic mass is 32.1. The van der Waals surface area contributed by atoms with Gasteiger partial charge in [0.1, 0.15) is 15.9 Å². The molecule has 0 unspecified atom stereocenters. The van der Waals surface area contributed by atoms with Crippen LogP contribution in [0.1, 0.15) is 23.5 Å². The van der Waals surface area contributed by atoms with E-state index in [1.807, 2.05) is 6.07 Å². The van der Waals surface area contributed by atoms with Crippen molar-refractivity contribution in [2.75, 3.05) is 6.79 Å². The Morgan fingerprint density at radius 2 is 2.04 bits per heavy atom. The number of carboxylic acids is 1. The summed E-state index contributed by atoms with van der Waals surface area (Å²) in [6.07, 6.45) is 1.44. The zero-order valence-corrected chi connectivity index (χ0v) is 13.9. The minimum absolute atomic E-state index is 0.191. The second-order valence-corrected chi connectivity index (χ2v) is 6.66. The van der Waals surface area contributed by atoms with Crippen molar-refractivity contribution in [3.8, 4) is 22.1 Å². The minimum atomic E-state index is -1.06. The Hall–Kier alpha value is -2.61. The van der Waals surface area contributed by atoms with E-state index in [9.17, 15) is 9.59 Å². The lowest BCUT2D eigenvalue weighted by Gasteiger charge is -2.17. The Bertz CT molecular complexity index is 787. The summed E-state index contributed by atoms with van der Waals surface area (Å²) in [5.74, 6) is -0.402. The Balaban J connectivity index is 1.78. The van der Waals surface area contributed by atoms with E-state index >= 15 is 0 Å². The summed E-state index contributed by atoms with van der Waals surface area (Å²) < 4.78 is 10.6. The third kappa shape index (κ3) is 3.18. The highest BCUT2D eigenvalue weighted by Gasteiger charge is 2.25. The third-order valence-corrected chi connectivity index (χ3v) is 4.61. The number of rotatable bonds is 5. The fourth-order valence-electron chi connectivity index (χ4n) is 2.27. The van der Waals surface area contributed by atoms with Crippen molar-refractivity contribution in [1.29, 1.82) is 0 Å². The lowest BCUT2D eigenvalue weighted by atomic mass is 10.0. The van der Waals surface area contributed by atoms with Crippen LogP contribution in [0.15, 0.2) is 24.4 Å². The van der Waals surface area contributed by atoms with Crippen LogP contribution in [0, 0.1) is 5.92 Å². The average molecular weight is 348 g/mol. The molecular weight excluding hydrogens is 332 g/mol. The van der Waals surface area contributed by atoms with Gasteiger partial charge in [0.25, 0.3) is 5.91 Å². The predicted octanol–water partition coefficient (Wildman–Crippen LogP) is 2.38.